The minimum atomic E-state index is -0.580. The van der Waals surface area contributed by atoms with Crippen LogP contribution in [0.1, 0.15) is 16.1 Å². The first-order chi connectivity index (χ1) is 13.3. The summed E-state index contributed by atoms with van der Waals surface area (Å²) >= 11 is 0. The third-order valence-corrected chi connectivity index (χ3v) is 4.42. The molecule has 9 nitrogen and oxygen atoms in total. The maximum absolute atomic E-state index is 12.9. The lowest BCUT2D eigenvalue weighted by Crippen LogP contribution is -2.38. The van der Waals surface area contributed by atoms with Gasteiger partial charge in [-0.25, -0.2) is 9.78 Å². The van der Waals surface area contributed by atoms with E-state index in [1.165, 1.54) is 38.9 Å². The highest BCUT2D eigenvalue weighted by Crippen LogP contribution is 2.30. The number of carbonyl (C=O) groups is 1. The maximum atomic E-state index is 12.9. The molecule has 3 aromatic rings. The average molecular weight is 384 g/mol. The second-order valence-corrected chi connectivity index (χ2v) is 6.24. The number of methoxy groups -OCH3 is 2. The van der Waals surface area contributed by atoms with Crippen molar-refractivity contribution >= 4 is 22.6 Å². The van der Waals surface area contributed by atoms with Gasteiger partial charge in [-0.1, -0.05) is 0 Å². The molecule has 0 aliphatic rings. The SMILES string of the molecule is COc1ccc(NC(=O)c2cc(C)nc3c2c(=O)n(C)c(=O)n3C)cc1OC. The lowest BCUT2D eigenvalue weighted by molar-refractivity contribution is 0.102. The number of aromatic nitrogens is 3. The number of rotatable bonds is 4. The molecular weight excluding hydrogens is 364 g/mol. The van der Waals surface area contributed by atoms with Crippen LogP contribution in [0, 0.1) is 6.92 Å². The summed E-state index contributed by atoms with van der Waals surface area (Å²) in [7, 11) is 5.88. The van der Waals surface area contributed by atoms with Crippen LogP contribution >= 0.6 is 0 Å². The number of nitrogens with one attached hydrogen (secondary N) is 1. The zero-order chi connectivity index (χ0) is 20.6. The number of benzene rings is 1. The molecule has 0 unspecified atom stereocenters. The molecule has 3 rings (SSSR count). The molecule has 0 fully saturated rings. The molecule has 0 spiro atoms. The number of hydrogen-bond acceptors (Lipinski definition) is 6. The topological polar surface area (TPSA) is 104 Å². The zero-order valence-electron chi connectivity index (χ0n) is 16.2. The van der Waals surface area contributed by atoms with Crippen molar-refractivity contribution in [3.8, 4) is 11.5 Å². The molecule has 2 aromatic heterocycles. The highest BCUT2D eigenvalue weighted by molar-refractivity contribution is 6.11. The van der Waals surface area contributed by atoms with E-state index in [9.17, 15) is 14.4 Å². The summed E-state index contributed by atoms with van der Waals surface area (Å²) in [6.45, 7) is 1.69. The van der Waals surface area contributed by atoms with Crippen LogP contribution in [0.5, 0.6) is 11.5 Å². The Kier molecular flexibility index (Phi) is 4.91. The van der Waals surface area contributed by atoms with E-state index in [1.54, 1.807) is 25.1 Å². The summed E-state index contributed by atoms with van der Waals surface area (Å²) < 4.78 is 12.6. The van der Waals surface area contributed by atoms with E-state index in [1.807, 2.05) is 0 Å². The maximum Gasteiger partial charge on any atom is 0.332 e. The molecule has 9 heteroatoms. The van der Waals surface area contributed by atoms with Crippen molar-refractivity contribution in [2.24, 2.45) is 14.1 Å². The lowest BCUT2D eigenvalue weighted by Gasteiger charge is -2.13. The number of amides is 1. The van der Waals surface area contributed by atoms with Gasteiger partial charge in [0.05, 0.1) is 25.2 Å². The van der Waals surface area contributed by atoms with Crippen LogP contribution in [-0.2, 0) is 14.1 Å². The monoisotopic (exact) mass is 384 g/mol. The van der Waals surface area contributed by atoms with Crippen molar-refractivity contribution in [1.29, 1.82) is 0 Å². The fourth-order valence-electron chi connectivity index (χ4n) is 2.97. The van der Waals surface area contributed by atoms with Crippen molar-refractivity contribution in [2.75, 3.05) is 19.5 Å². The largest absolute Gasteiger partial charge is 0.493 e. The molecule has 1 amide bonds. The second kappa shape index (κ2) is 7.18. The third kappa shape index (κ3) is 3.11. The van der Waals surface area contributed by atoms with Crippen molar-refractivity contribution in [1.82, 2.24) is 14.1 Å². The Morgan fingerprint density at radius 3 is 2.36 bits per heavy atom. The van der Waals surface area contributed by atoms with E-state index >= 15 is 0 Å². The van der Waals surface area contributed by atoms with Crippen LogP contribution in [0.15, 0.2) is 33.9 Å². The standard InChI is InChI=1S/C19H20N4O5/c1-10-8-12(15-16(20-10)22(2)19(26)23(3)18(15)25)17(24)21-11-6-7-13(27-4)14(9-11)28-5/h6-9H,1-5H3,(H,21,24). The molecule has 0 saturated carbocycles. The van der Waals surface area contributed by atoms with Gasteiger partial charge in [0.1, 0.15) is 5.65 Å². The molecule has 28 heavy (non-hydrogen) atoms. The normalized spacial score (nSPS) is 10.8. The van der Waals surface area contributed by atoms with Gasteiger partial charge in [0, 0.05) is 31.5 Å². The predicted molar refractivity (Wildman–Crippen MR) is 104 cm³/mol. The Morgan fingerprint density at radius 1 is 1.04 bits per heavy atom. The Bertz CT molecular complexity index is 1210. The first-order valence-electron chi connectivity index (χ1n) is 8.39. The number of nitrogens with zero attached hydrogens (tertiary/aromatic N) is 3. The molecule has 0 aliphatic heterocycles. The summed E-state index contributed by atoms with van der Waals surface area (Å²) in [6.07, 6.45) is 0. The summed E-state index contributed by atoms with van der Waals surface area (Å²) in [4.78, 5) is 42.1. The predicted octanol–water partition coefficient (Wildman–Crippen LogP) is 1.21. The summed E-state index contributed by atoms with van der Waals surface area (Å²) in [5.41, 5.74) is 0.170. The number of fused-ring (bicyclic) bond motifs is 1. The molecule has 0 radical (unpaired) electrons. The number of anilines is 1. The molecule has 0 atom stereocenters. The van der Waals surface area contributed by atoms with Gasteiger partial charge < -0.3 is 14.8 Å². The Balaban J connectivity index is 2.15. The third-order valence-electron chi connectivity index (χ3n) is 4.42. The molecule has 0 bridgehead atoms. The van der Waals surface area contributed by atoms with Crippen molar-refractivity contribution < 1.29 is 14.3 Å². The van der Waals surface area contributed by atoms with Gasteiger partial charge >= 0.3 is 5.69 Å². The van der Waals surface area contributed by atoms with E-state index < -0.39 is 17.2 Å². The van der Waals surface area contributed by atoms with Gasteiger partial charge in [0.25, 0.3) is 11.5 Å². The zero-order valence-corrected chi connectivity index (χ0v) is 16.2. The summed E-state index contributed by atoms with van der Waals surface area (Å²) in [6, 6.07) is 6.45. The fourth-order valence-corrected chi connectivity index (χ4v) is 2.97. The highest BCUT2D eigenvalue weighted by Gasteiger charge is 2.19. The molecule has 0 aliphatic carbocycles. The van der Waals surface area contributed by atoms with Gasteiger partial charge in [0.15, 0.2) is 11.5 Å². The van der Waals surface area contributed by atoms with Gasteiger partial charge in [-0.05, 0) is 25.1 Å². The van der Waals surface area contributed by atoms with E-state index in [2.05, 4.69) is 10.3 Å². The Hall–Kier alpha value is -3.62. The van der Waals surface area contributed by atoms with Crippen LogP contribution in [0.25, 0.3) is 11.0 Å². The van der Waals surface area contributed by atoms with Crippen LogP contribution < -0.4 is 26.0 Å². The Morgan fingerprint density at radius 2 is 1.71 bits per heavy atom. The first kappa shape index (κ1) is 19.2. The average Bonchev–Trinajstić information content (AvgIpc) is 2.69. The molecule has 2 heterocycles. The van der Waals surface area contributed by atoms with Gasteiger partial charge in [0.2, 0.25) is 0 Å². The summed E-state index contributed by atoms with van der Waals surface area (Å²) in [5, 5.41) is 2.82. The van der Waals surface area contributed by atoms with Gasteiger partial charge in [-0.2, -0.15) is 0 Å². The molecule has 0 saturated heterocycles. The number of pyridine rings is 1. The number of aryl methyl sites for hydroxylation is 2. The van der Waals surface area contributed by atoms with Crippen LogP contribution in [-0.4, -0.2) is 34.2 Å². The minimum Gasteiger partial charge on any atom is -0.493 e. The minimum absolute atomic E-state index is 0.0770. The number of hydrogen-bond donors (Lipinski definition) is 1. The van der Waals surface area contributed by atoms with Crippen LogP contribution in [0.3, 0.4) is 0 Å². The van der Waals surface area contributed by atoms with E-state index in [0.717, 1.165) is 4.57 Å². The van der Waals surface area contributed by atoms with Gasteiger partial charge in [-0.3, -0.25) is 18.7 Å². The van der Waals surface area contributed by atoms with E-state index in [4.69, 9.17) is 9.47 Å². The second-order valence-electron chi connectivity index (χ2n) is 6.24. The smallest absolute Gasteiger partial charge is 0.332 e. The van der Waals surface area contributed by atoms with Crippen LogP contribution in [0.2, 0.25) is 0 Å². The summed E-state index contributed by atoms with van der Waals surface area (Å²) in [5.74, 6) is 0.474. The molecule has 1 aromatic carbocycles. The number of carbonyl (C=O) groups excluding carboxylic acids is 1. The molecule has 146 valence electrons. The lowest BCUT2D eigenvalue weighted by atomic mass is 10.1. The van der Waals surface area contributed by atoms with Crippen molar-refractivity contribution in [2.45, 2.75) is 6.92 Å². The van der Waals surface area contributed by atoms with Crippen molar-refractivity contribution in [3.05, 3.63) is 56.4 Å². The quantitative estimate of drug-likeness (QED) is 0.725. The fraction of sp³-hybridized carbons (Fsp3) is 0.263. The Labute approximate surface area is 160 Å². The number of ether oxygens (including phenoxy) is 2. The first-order valence-corrected chi connectivity index (χ1v) is 8.39. The van der Waals surface area contributed by atoms with E-state index in [-0.39, 0.29) is 16.6 Å². The van der Waals surface area contributed by atoms with E-state index in [0.29, 0.717) is 22.9 Å². The van der Waals surface area contributed by atoms with Crippen LogP contribution in [0.4, 0.5) is 5.69 Å². The molecule has 1 N–H and O–H groups in total. The van der Waals surface area contributed by atoms with Gasteiger partial charge in [-0.15, -0.1) is 0 Å². The highest BCUT2D eigenvalue weighted by atomic mass is 16.5. The van der Waals surface area contributed by atoms with Crippen molar-refractivity contribution in [3.63, 3.8) is 0 Å². The molecular formula is C19H20N4O5.